The van der Waals surface area contributed by atoms with Gasteiger partial charge in [0.1, 0.15) is 12.4 Å². The Labute approximate surface area is 231 Å². The number of alkyl halides is 3. The SMILES string of the molecule is O=C(OCCOCCN1CCOCC1)c1nc(C(F)(F)F)n2c1CN(C(=O)CCCc1cc(F)c(F)cc1F)CC2. The second kappa shape index (κ2) is 13.7. The van der Waals surface area contributed by atoms with Crippen molar-refractivity contribution < 1.29 is 50.1 Å². The number of rotatable bonds is 11. The van der Waals surface area contributed by atoms with Gasteiger partial charge in [-0.1, -0.05) is 0 Å². The lowest BCUT2D eigenvalue weighted by Gasteiger charge is -2.29. The van der Waals surface area contributed by atoms with Crippen molar-refractivity contribution in [3.8, 4) is 0 Å². The molecule has 41 heavy (non-hydrogen) atoms. The molecule has 0 atom stereocenters. The maximum Gasteiger partial charge on any atom is 0.449 e. The quantitative estimate of drug-likeness (QED) is 0.172. The molecule has 1 aromatic carbocycles. The zero-order valence-corrected chi connectivity index (χ0v) is 22.2. The first-order valence-corrected chi connectivity index (χ1v) is 13.2. The highest BCUT2D eigenvalue weighted by Crippen LogP contribution is 2.32. The summed E-state index contributed by atoms with van der Waals surface area (Å²) in [7, 11) is 0. The number of fused-ring (bicyclic) bond motifs is 1. The molecule has 2 aliphatic rings. The number of hydrogen-bond acceptors (Lipinski definition) is 7. The average Bonchev–Trinajstić information content (AvgIpc) is 3.33. The van der Waals surface area contributed by atoms with Crippen LogP contribution in [0.5, 0.6) is 0 Å². The van der Waals surface area contributed by atoms with E-state index in [0.29, 0.717) is 32.4 Å². The van der Waals surface area contributed by atoms with Crippen molar-refractivity contribution in [3.63, 3.8) is 0 Å². The largest absolute Gasteiger partial charge is 0.458 e. The van der Waals surface area contributed by atoms with Gasteiger partial charge < -0.3 is 23.7 Å². The zero-order valence-electron chi connectivity index (χ0n) is 22.2. The summed E-state index contributed by atoms with van der Waals surface area (Å²) in [6.07, 6.45) is -4.92. The molecule has 15 heteroatoms. The van der Waals surface area contributed by atoms with E-state index in [1.165, 1.54) is 4.90 Å². The number of nitrogens with zero attached hydrogens (tertiary/aromatic N) is 4. The van der Waals surface area contributed by atoms with Gasteiger partial charge >= 0.3 is 12.1 Å². The molecule has 0 spiro atoms. The highest BCUT2D eigenvalue weighted by molar-refractivity contribution is 5.89. The van der Waals surface area contributed by atoms with E-state index >= 15 is 0 Å². The minimum atomic E-state index is -4.84. The molecule has 4 rings (SSSR count). The molecular formula is C26H30F6N4O5. The number of hydrogen-bond donors (Lipinski definition) is 0. The van der Waals surface area contributed by atoms with Crippen LogP contribution < -0.4 is 0 Å². The van der Waals surface area contributed by atoms with Gasteiger partial charge in [0.15, 0.2) is 17.3 Å². The number of esters is 1. The van der Waals surface area contributed by atoms with E-state index in [0.717, 1.165) is 23.7 Å². The number of aromatic nitrogens is 2. The number of halogens is 6. The summed E-state index contributed by atoms with van der Waals surface area (Å²) >= 11 is 0. The zero-order chi connectivity index (χ0) is 29.6. The lowest BCUT2D eigenvalue weighted by atomic mass is 10.1. The van der Waals surface area contributed by atoms with E-state index in [2.05, 4.69) is 9.88 Å². The number of amides is 1. The number of benzene rings is 1. The van der Waals surface area contributed by atoms with Crippen molar-refractivity contribution in [3.05, 3.63) is 52.4 Å². The van der Waals surface area contributed by atoms with Gasteiger partial charge in [-0.15, -0.1) is 0 Å². The highest BCUT2D eigenvalue weighted by Gasteiger charge is 2.42. The fourth-order valence-corrected chi connectivity index (χ4v) is 4.69. The molecule has 0 bridgehead atoms. The van der Waals surface area contributed by atoms with Gasteiger partial charge in [-0.2, -0.15) is 13.2 Å². The number of aryl methyl sites for hydroxylation is 1. The smallest absolute Gasteiger partial charge is 0.449 e. The Kier molecular flexibility index (Phi) is 10.3. The molecule has 0 radical (unpaired) electrons. The predicted molar refractivity (Wildman–Crippen MR) is 130 cm³/mol. The van der Waals surface area contributed by atoms with Crippen molar-refractivity contribution in [1.29, 1.82) is 0 Å². The van der Waals surface area contributed by atoms with Crippen molar-refractivity contribution in [1.82, 2.24) is 19.4 Å². The van der Waals surface area contributed by atoms with Crippen molar-refractivity contribution in [2.45, 2.75) is 38.5 Å². The summed E-state index contributed by atoms with van der Waals surface area (Å²) in [4.78, 5) is 32.4. The predicted octanol–water partition coefficient (Wildman–Crippen LogP) is 3.19. The Morgan fingerprint density at radius 2 is 1.68 bits per heavy atom. The summed E-state index contributed by atoms with van der Waals surface area (Å²) in [5.74, 6) is -6.26. The van der Waals surface area contributed by atoms with Gasteiger partial charge in [-0.25, -0.2) is 22.9 Å². The molecule has 1 aromatic heterocycles. The molecule has 0 aliphatic carbocycles. The lowest BCUT2D eigenvalue weighted by molar-refractivity contribution is -0.148. The van der Waals surface area contributed by atoms with Crippen molar-refractivity contribution >= 4 is 11.9 Å². The van der Waals surface area contributed by atoms with E-state index in [-0.39, 0.29) is 63.4 Å². The molecular weight excluding hydrogens is 562 g/mol. The lowest BCUT2D eigenvalue weighted by Crippen LogP contribution is -2.39. The second-order valence-corrected chi connectivity index (χ2v) is 9.61. The van der Waals surface area contributed by atoms with Gasteiger partial charge in [0, 0.05) is 45.2 Å². The standard InChI is InChI=1S/C26H30F6N4O5/c27-18-15-20(29)19(28)14-17(18)2-1-3-22(37)35-4-5-36-21(16-35)23(33-25(36)26(30,31)32)24(38)41-13-12-40-11-8-34-6-9-39-10-7-34/h14-15H,1-13,16H2. The maximum atomic E-state index is 13.9. The Balaban J connectivity index is 1.32. The fraction of sp³-hybridized carbons (Fsp3) is 0.577. The van der Waals surface area contributed by atoms with Crippen LogP contribution in [0.15, 0.2) is 12.1 Å². The molecule has 1 fully saturated rings. The third-order valence-corrected chi connectivity index (χ3v) is 6.85. The molecule has 2 aromatic rings. The topological polar surface area (TPSA) is 86.1 Å². The van der Waals surface area contributed by atoms with Gasteiger partial charge in [-0.3, -0.25) is 9.69 Å². The van der Waals surface area contributed by atoms with E-state index in [1.54, 1.807) is 0 Å². The van der Waals surface area contributed by atoms with E-state index in [4.69, 9.17) is 14.2 Å². The summed E-state index contributed by atoms with van der Waals surface area (Å²) in [5, 5.41) is 0. The van der Waals surface area contributed by atoms with Crippen LogP contribution in [0.3, 0.4) is 0 Å². The number of morpholine rings is 1. The summed E-state index contributed by atoms with van der Waals surface area (Å²) in [6.45, 7) is 3.13. The van der Waals surface area contributed by atoms with Crippen LogP contribution >= 0.6 is 0 Å². The monoisotopic (exact) mass is 592 g/mol. The molecule has 1 saturated heterocycles. The van der Waals surface area contributed by atoms with Gasteiger partial charge in [0.25, 0.3) is 0 Å². The van der Waals surface area contributed by atoms with E-state index in [9.17, 15) is 35.9 Å². The molecule has 0 N–H and O–H groups in total. The number of carbonyl (C=O) groups is 2. The van der Waals surface area contributed by atoms with Crippen LogP contribution in [0.4, 0.5) is 26.3 Å². The summed E-state index contributed by atoms with van der Waals surface area (Å²) in [5.41, 5.74) is -0.743. The van der Waals surface area contributed by atoms with Crippen molar-refractivity contribution in [2.24, 2.45) is 0 Å². The minimum absolute atomic E-state index is 0.0431. The molecule has 0 saturated carbocycles. The molecule has 226 valence electrons. The van der Waals surface area contributed by atoms with Crippen LogP contribution in [0.25, 0.3) is 0 Å². The average molecular weight is 593 g/mol. The van der Waals surface area contributed by atoms with E-state index in [1.807, 2.05) is 0 Å². The van der Waals surface area contributed by atoms with Crippen molar-refractivity contribution in [2.75, 3.05) is 59.2 Å². The molecule has 2 aliphatic heterocycles. The van der Waals surface area contributed by atoms with Crippen LogP contribution in [0.2, 0.25) is 0 Å². The van der Waals surface area contributed by atoms with Crippen LogP contribution in [0.1, 0.15) is 40.4 Å². The third kappa shape index (κ3) is 7.98. The number of imidazole rings is 1. The molecule has 3 heterocycles. The normalized spacial score (nSPS) is 16.1. The molecule has 1 amide bonds. The molecule has 9 nitrogen and oxygen atoms in total. The summed E-state index contributed by atoms with van der Waals surface area (Å²) < 4.78 is 98.0. The fourth-order valence-electron chi connectivity index (χ4n) is 4.69. The number of ether oxygens (including phenoxy) is 3. The van der Waals surface area contributed by atoms with Crippen LogP contribution in [0, 0.1) is 17.5 Å². The van der Waals surface area contributed by atoms with Gasteiger partial charge in [-0.05, 0) is 24.5 Å². The Bertz CT molecular complexity index is 1230. The second-order valence-electron chi connectivity index (χ2n) is 9.61. The van der Waals surface area contributed by atoms with Gasteiger partial charge in [0.05, 0.1) is 38.7 Å². The van der Waals surface area contributed by atoms with Crippen LogP contribution in [-0.2, 0) is 44.7 Å². The first kappa shape index (κ1) is 30.8. The Morgan fingerprint density at radius 1 is 0.951 bits per heavy atom. The first-order chi connectivity index (χ1) is 19.5. The van der Waals surface area contributed by atoms with Gasteiger partial charge in [0.2, 0.25) is 11.7 Å². The maximum absolute atomic E-state index is 13.9. The Morgan fingerprint density at radius 3 is 2.41 bits per heavy atom. The highest BCUT2D eigenvalue weighted by atomic mass is 19.4. The first-order valence-electron chi connectivity index (χ1n) is 13.2. The number of carbonyl (C=O) groups excluding carboxylic acids is 2. The van der Waals surface area contributed by atoms with E-state index < -0.39 is 47.0 Å². The minimum Gasteiger partial charge on any atom is -0.458 e. The summed E-state index contributed by atoms with van der Waals surface area (Å²) in [6, 6.07) is 1.15. The molecule has 0 unspecified atom stereocenters. The van der Waals surface area contributed by atoms with Crippen LogP contribution in [-0.4, -0.2) is 90.4 Å². The Hall–Kier alpha value is -3.17. The third-order valence-electron chi connectivity index (χ3n) is 6.85.